The quantitative estimate of drug-likeness (QED) is 0.868. The fraction of sp³-hybridized carbons (Fsp3) is 0.533. The SMILES string of the molecule is Cc1cnc(CN2CCC(C)(c3ncc(Cl)s3)CC2)cn1. The summed E-state index contributed by atoms with van der Waals surface area (Å²) in [6, 6.07) is 0. The van der Waals surface area contributed by atoms with E-state index in [-0.39, 0.29) is 5.41 Å². The third kappa shape index (κ3) is 3.42. The summed E-state index contributed by atoms with van der Waals surface area (Å²) >= 11 is 7.63. The van der Waals surface area contributed by atoms with E-state index in [1.54, 1.807) is 17.5 Å². The van der Waals surface area contributed by atoms with E-state index in [9.17, 15) is 0 Å². The molecule has 21 heavy (non-hydrogen) atoms. The van der Waals surface area contributed by atoms with E-state index >= 15 is 0 Å². The fourth-order valence-electron chi connectivity index (χ4n) is 2.68. The Morgan fingerprint density at radius 2 is 1.95 bits per heavy atom. The van der Waals surface area contributed by atoms with E-state index in [1.807, 2.05) is 19.3 Å². The van der Waals surface area contributed by atoms with Crippen molar-refractivity contribution in [2.75, 3.05) is 13.1 Å². The maximum Gasteiger partial charge on any atom is 0.113 e. The number of likely N-dealkylation sites (tertiary alicyclic amines) is 1. The molecule has 3 rings (SSSR count). The van der Waals surface area contributed by atoms with Crippen LogP contribution < -0.4 is 0 Å². The van der Waals surface area contributed by atoms with Gasteiger partial charge in [-0.2, -0.15) is 0 Å². The second-order valence-electron chi connectivity index (χ2n) is 5.96. The first-order valence-corrected chi connectivity index (χ1v) is 8.36. The Kier molecular flexibility index (Phi) is 4.24. The van der Waals surface area contributed by atoms with Crippen molar-refractivity contribution >= 4 is 22.9 Å². The smallest absolute Gasteiger partial charge is 0.113 e. The van der Waals surface area contributed by atoms with Crippen LogP contribution in [0, 0.1) is 6.92 Å². The van der Waals surface area contributed by atoms with Gasteiger partial charge in [-0.25, -0.2) is 4.98 Å². The summed E-state index contributed by atoms with van der Waals surface area (Å²) in [5, 5.41) is 1.17. The normalized spacial score (nSPS) is 18.8. The molecule has 0 radical (unpaired) electrons. The van der Waals surface area contributed by atoms with Gasteiger partial charge in [0.15, 0.2) is 0 Å². The number of piperidine rings is 1. The fourth-order valence-corrected chi connectivity index (χ4v) is 3.80. The topological polar surface area (TPSA) is 41.9 Å². The molecule has 0 bridgehead atoms. The number of hydrogen-bond acceptors (Lipinski definition) is 5. The van der Waals surface area contributed by atoms with Crippen molar-refractivity contribution in [3.63, 3.8) is 0 Å². The van der Waals surface area contributed by atoms with Gasteiger partial charge in [0.1, 0.15) is 4.34 Å². The minimum Gasteiger partial charge on any atom is -0.297 e. The summed E-state index contributed by atoms with van der Waals surface area (Å²) in [4.78, 5) is 15.7. The van der Waals surface area contributed by atoms with E-state index in [4.69, 9.17) is 11.6 Å². The van der Waals surface area contributed by atoms with Crippen molar-refractivity contribution in [2.45, 2.75) is 38.6 Å². The Bertz CT molecular complexity index is 602. The number of hydrogen-bond donors (Lipinski definition) is 0. The zero-order valence-corrected chi connectivity index (χ0v) is 13.9. The summed E-state index contributed by atoms with van der Waals surface area (Å²) in [5.41, 5.74) is 2.17. The average Bonchev–Trinajstić information content (AvgIpc) is 2.91. The largest absolute Gasteiger partial charge is 0.297 e. The van der Waals surface area contributed by atoms with Crippen LogP contribution in [0.5, 0.6) is 0 Å². The lowest BCUT2D eigenvalue weighted by atomic mass is 9.81. The van der Waals surface area contributed by atoms with Crippen LogP contribution in [0.1, 0.15) is 36.2 Å². The van der Waals surface area contributed by atoms with Gasteiger partial charge in [-0.05, 0) is 32.9 Å². The van der Waals surface area contributed by atoms with Crippen molar-refractivity contribution in [1.29, 1.82) is 0 Å². The standard InChI is InChI=1S/C15H19ClN4S/c1-11-7-18-12(8-17-11)10-20-5-3-15(2,4-6-20)14-19-9-13(16)21-14/h7-9H,3-6,10H2,1-2H3. The van der Waals surface area contributed by atoms with Crippen LogP contribution in [0.15, 0.2) is 18.6 Å². The summed E-state index contributed by atoms with van der Waals surface area (Å²) in [5.74, 6) is 0. The van der Waals surface area contributed by atoms with E-state index in [2.05, 4.69) is 26.8 Å². The molecule has 112 valence electrons. The Morgan fingerprint density at radius 1 is 1.19 bits per heavy atom. The van der Waals surface area contributed by atoms with Crippen LogP contribution in [0.4, 0.5) is 0 Å². The second kappa shape index (κ2) is 5.99. The predicted molar refractivity (Wildman–Crippen MR) is 85.8 cm³/mol. The highest BCUT2D eigenvalue weighted by Gasteiger charge is 2.34. The zero-order chi connectivity index (χ0) is 14.9. The lowest BCUT2D eigenvalue weighted by molar-refractivity contribution is 0.160. The molecule has 0 spiro atoms. The van der Waals surface area contributed by atoms with Crippen molar-refractivity contribution in [2.24, 2.45) is 0 Å². The number of thiazole rings is 1. The van der Waals surface area contributed by atoms with Gasteiger partial charge in [0.25, 0.3) is 0 Å². The first-order chi connectivity index (χ1) is 10.0. The van der Waals surface area contributed by atoms with Crippen molar-refractivity contribution in [3.8, 4) is 0 Å². The van der Waals surface area contributed by atoms with Crippen molar-refractivity contribution < 1.29 is 0 Å². The average molecular weight is 323 g/mol. The Hall–Kier alpha value is -1.04. The molecule has 1 fully saturated rings. The molecule has 4 nitrogen and oxygen atoms in total. The molecule has 0 N–H and O–H groups in total. The molecule has 1 aliphatic rings. The van der Waals surface area contributed by atoms with Gasteiger partial charge < -0.3 is 0 Å². The van der Waals surface area contributed by atoms with Gasteiger partial charge >= 0.3 is 0 Å². The highest BCUT2D eigenvalue weighted by atomic mass is 35.5. The van der Waals surface area contributed by atoms with Crippen LogP contribution in [0.2, 0.25) is 4.34 Å². The Morgan fingerprint density at radius 3 is 2.52 bits per heavy atom. The molecule has 0 saturated carbocycles. The monoisotopic (exact) mass is 322 g/mol. The predicted octanol–water partition coefficient (Wildman–Crippen LogP) is 3.45. The molecule has 0 aromatic carbocycles. The minimum atomic E-state index is 0.160. The molecular weight excluding hydrogens is 304 g/mol. The van der Waals surface area contributed by atoms with Crippen LogP contribution in [0.3, 0.4) is 0 Å². The molecule has 0 amide bonds. The van der Waals surface area contributed by atoms with Crippen LogP contribution in [0.25, 0.3) is 0 Å². The first-order valence-electron chi connectivity index (χ1n) is 7.17. The first kappa shape index (κ1) is 14.9. The molecule has 1 aliphatic heterocycles. The molecule has 0 unspecified atom stereocenters. The van der Waals surface area contributed by atoms with Gasteiger partial charge in [0.05, 0.1) is 22.6 Å². The minimum absolute atomic E-state index is 0.160. The van der Waals surface area contributed by atoms with Gasteiger partial charge in [-0.1, -0.05) is 18.5 Å². The summed E-state index contributed by atoms with van der Waals surface area (Å²) in [6.45, 7) is 7.25. The molecule has 0 aliphatic carbocycles. The lowest BCUT2D eigenvalue weighted by Crippen LogP contribution is -2.40. The van der Waals surface area contributed by atoms with Crippen LogP contribution >= 0.6 is 22.9 Å². The van der Waals surface area contributed by atoms with E-state index < -0.39 is 0 Å². The third-order valence-corrected chi connectivity index (χ3v) is 5.59. The maximum absolute atomic E-state index is 6.02. The Labute approximate surface area is 134 Å². The number of aryl methyl sites for hydroxylation is 1. The molecule has 2 aromatic rings. The van der Waals surface area contributed by atoms with Crippen molar-refractivity contribution in [1.82, 2.24) is 19.9 Å². The third-order valence-electron chi connectivity index (χ3n) is 4.17. The lowest BCUT2D eigenvalue weighted by Gasteiger charge is -2.37. The number of aromatic nitrogens is 3. The highest BCUT2D eigenvalue weighted by molar-refractivity contribution is 7.15. The maximum atomic E-state index is 6.02. The number of nitrogens with zero attached hydrogens (tertiary/aromatic N) is 4. The Balaban J connectivity index is 1.61. The zero-order valence-electron chi connectivity index (χ0n) is 12.3. The number of rotatable bonds is 3. The van der Waals surface area contributed by atoms with E-state index in [1.165, 1.54) is 5.01 Å². The molecule has 1 saturated heterocycles. The summed E-state index contributed by atoms with van der Waals surface area (Å²) < 4.78 is 0.781. The second-order valence-corrected chi connectivity index (χ2v) is 7.62. The number of halogens is 1. The molecule has 0 atom stereocenters. The van der Waals surface area contributed by atoms with Crippen molar-refractivity contribution in [3.05, 3.63) is 39.3 Å². The van der Waals surface area contributed by atoms with Crippen LogP contribution in [-0.4, -0.2) is 32.9 Å². The van der Waals surface area contributed by atoms with Gasteiger partial charge in [0, 0.05) is 24.4 Å². The van der Waals surface area contributed by atoms with Gasteiger partial charge in [-0.15, -0.1) is 11.3 Å². The molecule has 6 heteroatoms. The molecule has 3 heterocycles. The van der Waals surface area contributed by atoms with E-state index in [0.717, 1.165) is 48.2 Å². The summed E-state index contributed by atoms with van der Waals surface area (Å²) in [6.07, 6.45) is 7.69. The molecular formula is C15H19ClN4S. The van der Waals surface area contributed by atoms with Crippen LogP contribution in [-0.2, 0) is 12.0 Å². The van der Waals surface area contributed by atoms with Gasteiger partial charge in [0.2, 0.25) is 0 Å². The van der Waals surface area contributed by atoms with Gasteiger partial charge in [-0.3, -0.25) is 14.9 Å². The summed E-state index contributed by atoms with van der Waals surface area (Å²) in [7, 11) is 0. The highest BCUT2D eigenvalue weighted by Crippen LogP contribution is 2.38. The van der Waals surface area contributed by atoms with E-state index in [0.29, 0.717) is 0 Å². The molecule has 2 aromatic heterocycles.